The van der Waals surface area contributed by atoms with Gasteiger partial charge in [0.25, 0.3) is 0 Å². The molecule has 2 unspecified atom stereocenters. The highest BCUT2D eigenvalue weighted by Crippen LogP contribution is 2.22. The van der Waals surface area contributed by atoms with Gasteiger partial charge in [-0.05, 0) is 53.9 Å². The molecule has 0 radical (unpaired) electrons. The van der Waals surface area contributed by atoms with Gasteiger partial charge in [-0.25, -0.2) is 4.39 Å². The van der Waals surface area contributed by atoms with Crippen LogP contribution in [0, 0.1) is 5.82 Å². The number of halogens is 4. The fourth-order valence-corrected chi connectivity index (χ4v) is 2.89. The molecule has 1 heterocycles. The maximum absolute atomic E-state index is 13.0. The van der Waals surface area contributed by atoms with Crippen molar-refractivity contribution in [1.82, 2.24) is 10.3 Å². The average molecular weight is 445 g/mol. The molecule has 2 aromatic carbocycles. The third kappa shape index (κ3) is 7.38. The van der Waals surface area contributed by atoms with Crippen molar-refractivity contribution in [3.05, 3.63) is 102 Å². The van der Waals surface area contributed by atoms with Crippen LogP contribution in [0.2, 0.25) is 0 Å². The second-order valence-corrected chi connectivity index (χ2v) is 6.03. The summed E-state index contributed by atoms with van der Waals surface area (Å²) in [5.74, 6) is -0.240. The molecule has 0 aliphatic heterocycles. The van der Waals surface area contributed by atoms with Crippen LogP contribution in [0.25, 0.3) is 0 Å². The maximum atomic E-state index is 13.0. The minimum absolute atomic E-state index is 0. The standard InChI is InChI=1S/C21H22FN3.3ClH/c22-19-8-6-16(7-9-19)20(23)12-15-25-21(17-4-2-1-3-5-17)18-10-13-24-14-11-18;;;/h1-11,13-14,20-21,25H,12,15,23H2;3*1H. The zero-order valence-corrected chi connectivity index (χ0v) is 17.7. The zero-order chi connectivity index (χ0) is 17.5. The quantitative estimate of drug-likeness (QED) is 0.523. The van der Waals surface area contributed by atoms with Gasteiger partial charge in [0, 0.05) is 18.4 Å². The Hall–Kier alpha value is -1.69. The first kappa shape index (κ1) is 26.3. The molecule has 1 aromatic heterocycles. The van der Waals surface area contributed by atoms with Gasteiger partial charge in [0.1, 0.15) is 5.82 Å². The number of rotatable bonds is 7. The first-order chi connectivity index (χ1) is 12.2. The SMILES string of the molecule is Cl.Cl.Cl.NC(CCNC(c1ccccc1)c1ccncc1)c1ccc(F)cc1. The van der Waals surface area contributed by atoms with Gasteiger partial charge in [0.2, 0.25) is 0 Å². The normalized spacial score (nSPS) is 11.9. The van der Waals surface area contributed by atoms with Crippen LogP contribution in [-0.4, -0.2) is 11.5 Å². The second kappa shape index (κ2) is 13.5. The lowest BCUT2D eigenvalue weighted by atomic mass is 9.99. The summed E-state index contributed by atoms with van der Waals surface area (Å²) in [6.07, 6.45) is 4.37. The van der Waals surface area contributed by atoms with E-state index in [1.54, 1.807) is 24.5 Å². The van der Waals surface area contributed by atoms with Crippen molar-refractivity contribution < 1.29 is 4.39 Å². The largest absolute Gasteiger partial charge is 0.324 e. The van der Waals surface area contributed by atoms with E-state index >= 15 is 0 Å². The van der Waals surface area contributed by atoms with Crippen LogP contribution < -0.4 is 11.1 Å². The van der Waals surface area contributed by atoms with Crippen LogP contribution in [0.1, 0.15) is 35.2 Å². The molecule has 0 fully saturated rings. The van der Waals surface area contributed by atoms with E-state index in [9.17, 15) is 4.39 Å². The number of hydrogen-bond donors (Lipinski definition) is 2. The van der Waals surface area contributed by atoms with E-state index < -0.39 is 0 Å². The van der Waals surface area contributed by atoms with Gasteiger partial charge in [-0.1, -0.05) is 42.5 Å². The first-order valence-electron chi connectivity index (χ1n) is 8.43. The Morgan fingerprint density at radius 3 is 1.96 bits per heavy atom. The van der Waals surface area contributed by atoms with Crippen molar-refractivity contribution in [2.75, 3.05) is 6.54 Å². The smallest absolute Gasteiger partial charge is 0.123 e. The molecule has 3 aromatic rings. The molecule has 152 valence electrons. The van der Waals surface area contributed by atoms with E-state index in [4.69, 9.17) is 5.73 Å². The van der Waals surface area contributed by atoms with Crippen LogP contribution in [0.3, 0.4) is 0 Å². The summed E-state index contributed by atoms with van der Waals surface area (Å²) in [6.45, 7) is 0.750. The summed E-state index contributed by atoms with van der Waals surface area (Å²) >= 11 is 0. The van der Waals surface area contributed by atoms with Crippen molar-refractivity contribution >= 4 is 37.2 Å². The predicted octanol–water partition coefficient (Wildman–Crippen LogP) is 5.26. The zero-order valence-electron chi connectivity index (χ0n) is 15.2. The molecule has 0 amide bonds. The lowest BCUT2D eigenvalue weighted by Crippen LogP contribution is -2.26. The fraction of sp³-hybridized carbons (Fsp3) is 0.190. The molecule has 0 aliphatic carbocycles. The van der Waals surface area contributed by atoms with Crippen LogP contribution in [0.4, 0.5) is 4.39 Å². The van der Waals surface area contributed by atoms with Gasteiger partial charge in [-0.15, -0.1) is 37.2 Å². The van der Waals surface area contributed by atoms with Crippen LogP contribution >= 0.6 is 37.2 Å². The highest BCUT2D eigenvalue weighted by Gasteiger charge is 2.14. The lowest BCUT2D eigenvalue weighted by Gasteiger charge is -2.21. The molecular weight excluding hydrogens is 420 g/mol. The molecular formula is C21H25Cl3FN3. The van der Waals surface area contributed by atoms with Crippen LogP contribution in [0.15, 0.2) is 79.1 Å². The van der Waals surface area contributed by atoms with Crippen molar-refractivity contribution in [2.24, 2.45) is 5.73 Å². The van der Waals surface area contributed by atoms with E-state index in [0.717, 1.165) is 24.1 Å². The fourth-order valence-electron chi connectivity index (χ4n) is 2.89. The predicted molar refractivity (Wildman–Crippen MR) is 120 cm³/mol. The molecule has 7 heteroatoms. The van der Waals surface area contributed by atoms with Crippen molar-refractivity contribution in [3.63, 3.8) is 0 Å². The molecule has 28 heavy (non-hydrogen) atoms. The number of pyridine rings is 1. The van der Waals surface area contributed by atoms with E-state index in [-0.39, 0.29) is 55.1 Å². The Morgan fingerprint density at radius 1 is 0.786 bits per heavy atom. The first-order valence-corrected chi connectivity index (χ1v) is 8.43. The minimum atomic E-state index is -0.240. The number of nitrogens with zero attached hydrogens (tertiary/aromatic N) is 1. The third-order valence-corrected chi connectivity index (χ3v) is 4.27. The second-order valence-electron chi connectivity index (χ2n) is 6.03. The minimum Gasteiger partial charge on any atom is -0.324 e. The van der Waals surface area contributed by atoms with E-state index in [2.05, 4.69) is 22.4 Å². The number of benzene rings is 2. The Kier molecular flexibility index (Phi) is 12.7. The Bertz CT molecular complexity index is 734. The Balaban J connectivity index is 0.00000243. The Labute approximate surface area is 184 Å². The van der Waals surface area contributed by atoms with Gasteiger partial charge in [-0.2, -0.15) is 0 Å². The van der Waals surface area contributed by atoms with Gasteiger partial charge in [0.05, 0.1) is 6.04 Å². The molecule has 3 rings (SSSR count). The number of nitrogens with two attached hydrogens (primary N) is 1. The van der Waals surface area contributed by atoms with Crippen molar-refractivity contribution in [2.45, 2.75) is 18.5 Å². The summed E-state index contributed by atoms with van der Waals surface area (Å²) < 4.78 is 13.0. The van der Waals surface area contributed by atoms with E-state index in [1.165, 1.54) is 17.7 Å². The summed E-state index contributed by atoms with van der Waals surface area (Å²) in [4.78, 5) is 4.10. The summed E-state index contributed by atoms with van der Waals surface area (Å²) in [6, 6.07) is 20.7. The highest BCUT2D eigenvalue weighted by molar-refractivity contribution is 5.86. The van der Waals surface area contributed by atoms with Gasteiger partial charge in [-0.3, -0.25) is 4.98 Å². The van der Waals surface area contributed by atoms with E-state index in [1.807, 2.05) is 30.3 Å². The van der Waals surface area contributed by atoms with Gasteiger partial charge >= 0.3 is 0 Å². The van der Waals surface area contributed by atoms with Crippen molar-refractivity contribution in [3.8, 4) is 0 Å². The molecule has 0 bridgehead atoms. The van der Waals surface area contributed by atoms with Gasteiger partial charge in [0.15, 0.2) is 0 Å². The summed E-state index contributed by atoms with van der Waals surface area (Å²) in [5.41, 5.74) is 9.55. The third-order valence-electron chi connectivity index (χ3n) is 4.27. The maximum Gasteiger partial charge on any atom is 0.123 e. The number of nitrogens with one attached hydrogen (secondary N) is 1. The van der Waals surface area contributed by atoms with Crippen molar-refractivity contribution in [1.29, 1.82) is 0 Å². The summed E-state index contributed by atoms with van der Waals surface area (Å²) in [5, 5.41) is 3.58. The molecule has 0 saturated carbocycles. The monoisotopic (exact) mass is 443 g/mol. The Morgan fingerprint density at radius 2 is 1.36 bits per heavy atom. The van der Waals surface area contributed by atoms with Gasteiger partial charge < -0.3 is 11.1 Å². The topological polar surface area (TPSA) is 50.9 Å². The molecule has 3 N–H and O–H groups in total. The molecule has 2 atom stereocenters. The molecule has 0 saturated heterocycles. The number of hydrogen-bond acceptors (Lipinski definition) is 3. The highest BCUT2D eigenvalue weighted by atomic mass is 35.5. The van der Waals surface area contributed by atoms with Crippen LogP contribution in [0.5, 0.6) is 0 Å². The molecule has 0 aliphatic rings. The number of aromatic nitrogens is 1. The van der Waals surface area contributed by atoms with Crippen LogP contribution in [-0.2, 0) is 0 Å². The van der Waals surface area contributed by atoms with E-state index in [0.29, 0.717) is 0 Å². The summed E-state index contributed by atoms with van der Waals surface area (Å²) in [7, 11) is 0. The molecule has 0 spiro atoms. The average Bonchev–Trinajstić information content (AvgIpc) is 2.67. The molecule has 3 nitrogen and oxygen atoms in total. The lowest BCUT2D eigenvalue weighted by molar-refractivity contribution is 0.540.